The Morgan fingerprint density at radius 2 is 1.60 bits per heavy atom. The van der Waals surface area contributed by atoms with Crippen molar-refractivity contribution in [2.45, 2.75) is 13.5 Å². The molecule has 0 saturated heterocycles. The van der Waals surface area contributed by atoms with Crippen molar-refractivity contribution in [3.63, 3.8) is 0 Å². The number of aryl methyl sites for hydroxylation is 1. The van der Waals surface area contributed by atoms with Crippen molar-refractivity contribution < 1.29 is 9.53 Å². The summed E-state index contributed by atoms with van der Waals surface area (Å²) in [6, 6.07) is 19.7. The quantitative estimate of drug-likeness (QED) is 0.844. The SMILES string of the molecule is Cc1ccccc1.NCNC(=O)OCc1ccccc1. The summed E-state index contributed by atoms with van der Waals surface area (Å²) >= 11 is 0. The van der Waals surface area contributed by atoms with Crippen LogP contribution in [0.4, 0.5) is 4.79 Å². The molecule has 0 bridgehead atoms. The fourth-order valence-corrected chi connectivity index (χ4v) is 1.39. The highest BCUT2D eigenvalue weighted by Crippen LogP contribution is 1.99. The van der Waals surface area contributed by atoms with Crippen LogP contribution in [0.1, 0.15) is 11.1 Å². The maximum atomic E-state index is 10.8. The molecule has 0 fully saturated rings. The number of nitrogens with two attached hydrogens (primary N) is 1. The molecule has 106 valence electrons. The molecule has 4 nitrogen and oxygen atoms in total. The number of hydrogen-bond donors (Lipinski definition) is 2. The van der Waals surface area contributed by atoms with Crippen LogP contribution in [0.2, 0.25) is 0 Å². The van der Waals surface area contributed by atoms with E-state index in [9.17, 15) is 4.79 Å². The molecule has 0 heterocycles. The van der Waals surface area contributed by atoms with Crippen LogP contribution in [-0.4, -0.2) is 12.8 Å². The third-order valence-electron chi connectivity index (χ3n) is 2.40. The van der Waals surface area contributed by atoms with E-state index in [1.165, 1.54) is 5.56 Å². The molecule has 0 aliphatic carbocycles. The van der Waals surface area contributed by atoms with Crippen LogP contribution in [-0.2, 0) is 11.3 Å². The molecule has 0 aromatic heterocycles. The maximum absolute atomic E-state index is 10.8. The van der Waals surface area contributed by atoms with E-state index in [0.717, 1.165) is 5.56 Å². The molecule has 2 rings (SSSR count). The first-order chi connectivity index (χ1) is 9.72. The molecule has 2 aromatic rings. The molecule has 0 aliphatic heterocycles. The van der Waals surface area contributed by atoms with Gasteiger partial charge in [-0.15, -0.1) is 0 Å². The lowest BCUT2D eigenvalue weighted by atomic mass is 10.2. The van der Waals surface area contributed by atoms with Crippen LogP contribution in [0.3, 0.4) is 0 Å². The number of benzene rings is 2. The number of nitrogens with one attached hydrogen (secondary N) is 1. The van der Waals surface area contributed by atoms with Gasteiger partial charge in [-0.05, 0) is 12.5 Å². The van der Waals surface area contributed by atoms with Gasteiger partial charge in [-0.1, -0.05) is 66.2 Å². The smallest absolute Gasteiger partial charge is 0.408 e. The van der Waals surface area contributed by atoms with Gasteiger partial charge in [0, 0.05) is 0 Å². The Hall–Kier alpha value is -2.33. The zero-order valence-corrected chi connectivity index (χ0v) is 11.6. The van der Waals surface area contributed by atoms with Gasteiger partial charge in [0.15, 0.2) is 0 Å². The minimum atomic E-state index is -0.494. The van der Waals surface area contributed by atoms with Gasteiger partial charge < -0.3 is 15.8 Å². The van der Waals surface area contributed by atoms with E-state index in [2.05, 4.69) is 24.4 Å². The van der Waals surface area contributed by atoms with Gasteiger partial charge in [0.25, 0.3) is 0 Å². The first kappa shape index (κ1) is 15.7. The van der Waals surface area contributed by atoms with E-state index in [1.54, 1.807) is 0 Å². The molecule has 0 unspecified atom stereocenters. The monoisotopic (exact) mass is 272 g/mol. The van der Waals surface area contributed by atoms with E-state index in [0.29, 0.717) is 0 Å². The summed E-state index contributed by atoms with van der Waals surface area (Å²) in [5.74, 6) is 0. The van der Waals surface area contributed by atoms with E-state index in [4.69, 9.17) is 10.5 Å². The second-order valence-electron chi connectivity index (χ2n) is 4.10. The summed E-state index contributed by atoms with van der Waals surface area (Å²) < 4.78 is 4.84. The van der Waals surface area contributed by atoms with E-state index in [1.807, 2.05) is 48.5 Å². The summed E-state index contributed by atoms with van der Waals surface area (Å²) in [6.45, 7) is 2.44. The molecule has 0 spiro atoms. The van der Waals surface area contributed by atoms with Crippen molar-refractivity contribution in [3.05, 3.63) is 71.8 Å². The standard InChI is InChI=1S/C9H12N2O2.C7H8/c10-7-11-9(12)13-6-8-4-2-1-3-5-8;1-7-5-3-2-4-6-7/h1-5H,6-7,10H2,(H,11,12);2-6H,1H3. The van der Waals surface area contributed by atoms with E-state index >= 15 is 0 Å². The molecule has 0 saturated carbocycles. The number of carbonyl (C=O) groups is 1. The molecular weight excluding hydrogens is 252 g/mol. The number of amides is 1. The molecule has 0 atom stereocenters. The lowest BCUT2D eigenvalue weighted by Gasteiger charge is -2.04. The number of carbonyl (C=O) groups excluding carboxylic acids is 1. The minimum absolute atomic E-state index is 0.0909. The lowest BCUT2D eigenvalue weighted by Crippen LogP contribution is -2.29. The number of ether oxygens (including phenoxy) is 1. The second-order valence-corrected chi connectivity index (χ2v) is 4.10. The van der Waals surface area contributed by atoms with Gasteiger partial charge in [0.05, 0.1) is 6.67 Å². The zero-order valence-electron chi connectivity index (χ0n) is 11.6. The Bertz CT molecular complexity index is 486. The summed E-state index contributed by atoms with van der Waals surface area (Å²) in [4.78, 5) is 10.8. The highest BCUT2D eigenvalue weighted by Gasteiger charge is 1.98. The molecule has 0 aliphatic rings. The Kier molecular flexibility index (Phi) is 7.53. The fourth-order valence-electron chi connectivity index (χ4n) is 1.39. The zero-order chi connectivity index (χ0) is 14.6. The molecular formula is C16H20N2O2. The van der Waals surface area contributed by atoms with Gasteiger partial charge in [-0.25, -0.2) is 4.79 Å². The molecule has 2 aromatic carbocycles. The van der Waals surface area contributed by atoms with Crippen LogP contribution in [0.15, 0.2) is 60.7 Å². The molecule has 1 amide bonds. The predicted octanol–water partition coefficient (Wildman–Crippen LogP) is 2.82. The van der Waals surface area contributed by atoms with Crippen molar-refractivity contribution in [1.82, 2.24) is 5.32 Å². The second kappa shape index (κ2) is 9.58. The van der Waals surface area contributed by atoms with Crippen LogP contribution in [0, 0.1) is 6.92 Å². The Labute approximate surface area is 119 Å². The number of hydrogen-bond acceptors (Lipinski definition) is 3. The highest BCUT2D eigenvalue weighted by molar-refractivity contribution is 5.66. The largest absolute Gasteiger partial charge is 0.445 e. The summed E-state index contributed by atoms with van der Waals surface area (Å²) in [5, 5.41) is 2.33. The Balaban J connectivity index is 0.000000240. The van der Waals surface area contributed by atoms with Crippen LogP contribution in [0.5, 0.6) is 0 Å². The molecule has 0 radical (unpaired) electrons. The summed E-state index contributed by atoms with van der Waals surface area (Å²) in [5.41, 5.74) is 7.36. The van der Waals surface area contributed by atoms with Gasteiger partial charge >= 0.3 is 6.09 Å². The highest BCUT2D eigenvalue weighted by atomic mass is 16.5. The Morgan fingerprint density at radius 3 is 2.05 bits per heavy atom. The van der Waals surface area contributed by atoms with Crippen molar-refractivity contribution in [2.75, 3.05) is 6.67 Å². The van der Waals surface area contributed by atoms with Crippen molar-refractivity contribution in [2.24, 2.45) is 5.73 Å². The molecule has 4 heteroatoms. The third-order valence-corrected chi connectivity index (χ3v) is 2.40. The van der Waals surface area contributed by atoms with Crippen LogP contribution < -0.4 is 11.1 Å². The summed E-state index contributed by atoms with van der Waals surface area (Å²) in [6.07, 6.45) is -0.494. The lowest BCUT2D eigenvalue weighted by molar-refractivity contribution is 0.140. The molecule has 20 heavy (non-hydrogen) atoms. The van der Waals surface area contributed by atoms with Crippen molar-refractivity contribution >= 4 is 6.09 Å². The first-order valence-corrected chi connectivity index (χ1v) is 6.38. The predicted molar refractivity (Wildman–Crippen MR) is 80.0 cm³/mol. The van der Waals surface area contributed by atoms with Crippen LogP contribution >= 0.6 is 0 Å². The topological polar surface area (TPSA) is 64.3 Å². The van der Waals surface area contributed by atoms with Gasteiger partial charge in [0.1, 0.15) is 6.61 Å². The average molecular weight is 272 g/mol. The minimum Gasteiger partial charge on any atom is -0.445 e. The Morgan fingerprint density at radius 1 is 1.05 bits per heavy atom. The number of rotatable bonds is 3. The van der Waals surface area contributed by atoms with Gasteiger partial charge in [0.2, 0.25) is 0 Å². The maximum Gasteiger partial charge on any atom is 0.408 e. The average Bonchev–Trinajstić information content (AvgIpc) is 2.48. The van der Waals surface area contributed by atoms with Gasteiger partial charge in [-0.3, -0.25) is 0 Å². The fraction of sp³-hybridized carbons (Fsp3) is 0.188. The van der Waals surface area contributed by atoms with Gasteiger partial charge in [-0.2, -0.15) is 0 Å². The number of alkyl carbamates (subject to hydrolysis) is 1. The molecule has 3 N–H and O–H groups in total. The third kappa shape index (κ3) is 7.18. The van der Waals surface area contributed by atoms with Crippen molar-refractivity contribution in [3.8, 4) is 0 Å². The van der Waals surface area contributed by atoms with Crippen LogP contribution in [0.25, 0.3) is 0 Å². The summed E-state index contributed by atoms with van der Waals surface area (Å²) in [7, 11) is 0. The van der Waals surface area contributed by atoms with E-state index < -0.39 is 6.09 Å². The van der Waals surface area contributed by atoms with Crippen molar-refractivity contribution in [1.29, 1.82) is 0 Å². The first-order valence-electron chi connectivity index (χ1n) is 6.38. The van der Waals surface area contributed by atoms with E-state index in [-0.39, 0.29) is 13.3 Å². The normalized spacial score (nSPS) is 9.10.